The molecule has 0 fully saturated rings. The molecule has 0 aliphatic carbocycles. The minimum Gasteiger partial charge on any atom is -0.480 e. The molecule has 0 aliphatic heterocycles. The molecule has 8 nitrogen and oxygen atoms in total. The van der Waals surface area contributed by atoms with Gasteiger partial charge in [-0.05, 0) is 20.8 Å². The molecule has 1 heterocycles. The highest BCUT2D eigenvalue weighted by atomic mass is 32.2. The summed E-state index contributed by atoms with van der Waals surface area (Å²) < 4.78 is 36.0. The number of hydrogen-bond acceptors (Lipinski definition) is 6. The Morgan fingerprint density at radius 3 is 2.30 bits per heavy atom. The van der Waals surface area contributed by atoms with Gasteiger partial charge in [-0.15, -0.1) is 0 Å². The van der Waals surface area contributed by atoms with Crippen LogP contribution in [0, 0.1) is 13.8 Å². The van der Waals surface area contributed by atoms with E-state index in [4.69, 9.17) is 9.52 Å². The van der Waals surface area contributed by atoms with Crippen LogP contribution < -0.4 is 4.72 Å². The summed E-state index contributed by atoms with van der Waals surface area (Å²) in [6.07, 6.45) is 0. The Kier molecular flexibility index (Phi) is 4.56. The third kappa shape index (κ3) is 2.99. The SMILES string of the molecule is COC(=O)c1c(C)oc(C)c1S(=O)(=O)N[C@@H](C)C(=O)O. The molecule has 1 atom stereocenters. The van der Waals surface area contributed by atoms with E-state index in [0.717, 1.165) is 7.11 Å². The molecule has 20 heavy (non-hydrogen) atoms. The van der Waals surface area contributed by atoms with E-state index < -0.39 is 32.9 Å². The van der Waals surface area contributed by atoms with Gasteiger partial charge < -0.3 is 14.3 Å². The van der Waals surface area contributed by atoms with Gasteiger partial charge in [0, 0.05) is 0 Å². The van der Waals surface area contributed by atoms with Gasteiger partial charge in [-0.3, -0.25) is 4.79 Å². The number of aliphatic carboxylic acids is 1. The monoisotopic (exact) mass is 305 g/mol. The van der Waals surface area contributed by atoms with Crippen LogP contribution in [-0.2, 0) is 19.6 Å². The molecule has 0 radical (unpaired) electrons. The predicted molar refractivity (Wildman–Crippen MR) is 66.9 cm³/mol. The fourth-order valence-corrected chi connectivity index (χ4v) is 3.27. The second-order valence-electron chi connectivity index (χ2n) is 4.09. The third-order valence-corrected chi connectivity index (χ3v) is 4.26. The van der Waals surface area contributed by atoms with E-state index in [1.165, 1.54) is 20.8 Å². The van der Waals surface area contributed by atoms with Gasteiger partial charge in [-0.25, -0.2) is 13.2 Å². The number of methoxy groups -OCH3 is 1. The van der Waals surface area contributed by atoms with Crippen LogP contribution in [-0.4, -0.2) is 38.6 Å². The average Bonchev–Trinajstić information content (AvgIpc) is 2.63. The minimum absolute atomic E-state index is 0.0204. The molecular formula is C11H15NO7S. The summed E-state index contributed by atoms with van der Waals surface area (Å²) in [7, 11) is -3.12. The topological polar surface area (TPSA) is 123 Å². The quantitative estimate of drug-likeness (QED) is 0.756. The number of sulfonamides is 1. The molecule has 1 aromatic heterocycles. The van der Waals surface area contributed by atoms with Crippen molar-refractivity contribution in [3.05, 3.63) is 17.1 Å². The largest absolute Gasteiger partial charge is 0.480 e. The summed E-state index contributed by atoms with van der Waals surface area (Å²) in [5.74, 6) is -2.15. The molecule has 0 aromatic carbocycles. The fraction of sp³-hybridized carbons (Fsp3) is 0.455. The Labute approximate surface area is 115 Å². The molecule has 2 N–H and O–H groups in total. The van der Waals surface area contributed by atoms with Gasteiger partial charge in [-0.2, -0.15) is 4.72 Å². The van der Waals surface area contributed by atoms with Crippen LogP contribution in [0.3, 0.4) is 0 Å². The van der Waals surface area contributed by atoms with Gasteiger partial charge in [0.1, 0.15) is 28.0 Å². The molecule has 0 unspecified atom stereocenters. The molecule has 0 aliphatic rings. The lowest BCUT2D eigenvalue weighted by Crippen LogP contribution is -2.38. The molecular weight excluding hydrogens is 290 g/mol. The normalized spacial score (nSPS) is 13.0. The van der Waals surface area contributed by atoms with Gasteiger partial charge >= 0.3 is 11.9 Å². The second kappa shape index (κ2) is 5.63. The summed E-state index contributed by atoms with van der Waals surface area (Å²) in [5.41, 5.74) is -0.241. The maximum atomic E-state index is 12.2. The van der Waals surface area contributed by atoms with Crippen LogP contribution in [0.5, 0.6) is 0 Å². The number of carbonyl (C=O) groups is 2. The van der Waals surface area contributed by atoms with E-state index in [0.29, 0.717) is 0 Å². The maximum absolute atomic E-state index is 12.2. The zero-order chi connectivity index (χ0) is 15.7. The Hall–Kier alpha value is -1.87. The number of ether oxygens (including phenoxy) is 1. The van der Waals surface area contributed by atoms with E-state index in [-0.39, 0.29) is 17.1 Å². The number of aryl methyl sites for hydroxylation is 2. The molecule has 0 spiro atoms. The number of carboxylic acid groups (broad SMARTS) is 1. The van der Waals surface area contributed by atoms with Gasteiger partial charge in [0.2, 0.25) is 10.0 Å². The van der Waals surface area contributed by atoms with Crippen molar-refractivity contribution < 1.29 is 32.3 Å². The van der Waals surface area contributed by atoms with Gasteiger partial charge in [-0.1, -0.05) is 0 Å². The van der Waals surface area contributed by atoms with Crippen LogP contribution in [0.15, 0.2) is 9.31 Å². The first-order chi connectivity index (χ1) is 9.11. The Balaban J connectivity index is 3.39. The number of esters is 1. The number of nitrogens with one attached hydrogen (secondary N) is 1. The van der Waals surface area contributed by atoms with Crippen molar-refractivity contribution in [1.82, 2.24) is 4.72 Å². The van der Waals surface area contributed by atoms with Crippen LogP contribution >= 0.6 is 0 Å². The summed E-state index contributed by atoms with van der Waals surface area (Å²) in [6.45, 7) is 3.94. The highest BCUT2D eigenvalue weighted by Gasteiger charge is 2.33. The van der Waals surface area contributed by atoms with E-state index in [1.54, 1.807) is 0 Å². The second-order valence-corrected chi connectivity index (χ2v) is 5.74. The Morgan fingerprint density at radius 1 is 1.30 bits per heavy atom. The Morgan fingerprint density at radius 2 is 1.85 bits per heavy atom. The standard InChI is InChI=1S/C11H15NO7S/c1-5(10(13)14)12-20(16,17)9-7(3)19-6(2)8(9)11(15)18-4/h5,12H,1-4H3,(H,13,14)/t5-/m0/s1. The van der Waals surface area contributed by atoms with Crippen molar-refractivity contribution in [3.8, 4) is 0 Å². The number of hydrogen-bond donors (Lipinski definition) is 2. The molecule has 9 heteroatoms. The van der Waals surface area contributed by atoms with E-state index >= 15 is 0 Å². The van der Waals surface area contributed by atoms with Crippen molar-refractivity contribution >= 4 is 22.0 Å². The first-order valence-electron chi connectivity index (χ1n) is 5.55. The summed E-state index contributed by atoms with van der Waals surface area (Å²) in [5, 5.41) is 8.75. The zero-order valence-electron chi connectivity index (χ0n) is 11.4. The first-order valence-corrected chi connectivity index (χ1v) is 7.03. The predicted octanol–water partition coefficient (Wildman–Crippen LogP) is 0.434. The molecule has 0 saturated heterocycles. The number of carboxylic acids is 1. The van der Waals surface area contributed by atoms with E-state index in [9.17, 15) is 18.0 Å². The molecule has 112 valence electrons. The number of carbonyl (C=O) groups excluding carboxylic acids is 1. The Bertz CT molecular complexity index is 644. The van der Waals surface area contributed by atoms with Crippen LogP contribution in [0.2, 0.25) is 0 Å². The number of furan rings is 1. The van der Waals surface area contributed by atoms with Crippen molar-refractivity contribution in [3.63, 3.8) is 0 Å². The zero-order valence-corrected chi connectivity index (χ0v) is 12.2. The average molecular weight is 305 g/mol. The van der Waals surface area contributed by atoms with Crippen molar-refractivity contribution in [2.75, 3.05) is 7.11 Å². The summed E-state index contributed by atoms with van der Waals surface area (Å²) in [4.78, 5) is 22.0. The summed E-state index contributed by atoms with van der Waals surface area (Å²) in [6, 6.07) is -1.35. The smallest absolute Gasteiger partial charge is 0.342 e. The molecule has 1 rings (SSSR count). The van der Waals surface area contributed by atoms with Crippen LogP contribution in [0.1, 0.15) is 28.8 Å². The van der Waals surface area contributed by atoms with E-state index in [2.05, 4.69) is 4.74 Å². The summed E-state index contributed by atoms with van der Waals surface area (Å²) >= 11 is 0. The van der Waals surface area contributed by atoms with Gasteiger partial charge in [0.05, 0.1) is 7.11 Å². The van der Waals surface area contributed by atoms with Crippen molar-refractivity contribution in [1.29, 1.82) is 0 Å². The van der Waals surface area contributed by atoms with Crippen molar-refractivity contribution in [2.24, 2.45) is 0 Å². The first kappa shape index (κ1) is 16.2. The number of rotatable bonds is 5. The van der Waals surface area contributed by atoms with Crippen LogP contribution in [0.4, 0.5) is 0 Å². The molecule has 0 amide bonds. The lowest BCUT2D eigenvalue weighted by atomic mass is 10.2. The van der Waals surface area contributed by atoms with Gasteiger partial charge in [0.25, 0.3) is 0 Å². The maximum Gasteiger partial charge on any atom is 0.342 e. The highest BCUT2D eigenvalue weighted by Crippen LogP contribution is 2.27. The highest BCUT2D eigenvalue weighted by molar-refractivity contribution is 7.89. The lowest BCUT2D eigenvalue weighted by Gasteiger charge is -2.10. The lowest BCUT2D eigenvalue weighted by molar-refractivity contribution is -0.138. The molecule has 1 aromatic rings. The third-order valence-electron chi connectivity index (χ3n) is 2.57. The molecule has 0 bridgehead atoms. The fourth-order valence-electron chi connectivity index (χ4n) is 1.67. The van der Waals surface area contributed by atoms with Crippen LogP contribution in [0.25, 0.3) is 0 Å². The van der Waals surface area contributed by atoms with Gasteiger partial charge in [0.15, 0.2) is 0 Å². The van der Waals surface area contributed by atoms with Crippen molar-refractivity contribution in [2.45, 2.75) is 31.7 Å². The minimum atomic E-state index is -4.23. The molecule has 0 saturated carbocycles. The van der Waals surface area contributed by atoms with E-state index in [1.807, 2.05) is 4.72 Å².